The van der Waals surface area contributed by atoms with Crippen molar-refractivity contribution in [1.29, 1.82) is 0 Å². The van der Waals surface area contributed by atoms with E-state index in [4.69, 9.17) is 0 Å². The Labute approximate surface area is 190 Å². The SMILES string of the molecule is CCC(=O)c1ccc(Cn2c(=O)n(-c3cc(C(F)(F)F)ccc3F)c(=O)c3ccccc32)cc1. The van der Waals surface area contributed by atoms with Gasteiger partial charge in [0.2, 0.25) is 0 Å². The molecule has 1 aromatic heterocycles. The first-order valence-corrected chi connectivity index (χ1v) is 10.4. The standard InChI is InChI=1S/C25H18F4N2O3/c1-2-22(32)16-9-7-15(8-10-16)14-30-20-6-4-3-5-18(20)23(33)31(24(30)34)21-13-17(25(27,28)29)11-12-19(21)26/h3-13H,2,14H2,1H3. The molecular weight excluding hydrogens is 452 g/mol. The second-order valence-corrected chi connectivity index (χ2v) is 7.66. The van der Waals surface area contributed by atoms with Crippen molar-refractivity contribution in [1.82, 2.24) is 9.13 Å². The number of ketones is 1. The minimum Gasteiger partial charge on any atom is -0.294 e. The van der Waals surface area contributed by atoms with Crippen LogP contribution in [0, 0.1) is 5.82 Å². The fourth-order valence-corrected chi connectivity index (χ4v) is 3.73. The Morgan fingerprint density at radius 2 is 1.62 bits per heavy atom. The Morgan fingerprint density at radius 1 is 0.941 bits per heavy atom. The number of hydrogen-bond donors (Lipinski definition) is 0. The van der Waals surface area contributed by atoms with Crippen LogP contribution in [0.2, 0.25) is 0 Å². The highest BCUT2D eigenvalue weighted by Crippen LogP contribution is 2.31. The zero-order chi connectivity index (χ0) is 24.6. The minimum atomic E-state index is -4.79. The van der Waals surface area contributed by atoms with Gasteiger partial charge in [-0.3, -0.25) is 14.2 Å². The molecule has 9 heteroatoms. The number of para-hydroxylation sites is 1. The van der Waals surface area contributed by atoms with Crippen LogP contribution in [0.25, 0.3) is 16.6 Å². The van der Waals surface area contributed by atoms with E-state index in [0.717, 1.165) is 0 Å². The Morgan fingerprint density at radius 3 is 2.26 bits per heavy atom. The number of carbonyl (C=O) groups excluding carboxylic acids is 1. The minimum absolute atomic E-state index is 0.0386. The second kappa shape index (κ2) is 8.74. The van der Waals surface area contributed by atoms with Crippen LogP contribution >= 0.6 is 0 Å². The molecule has 0 aliphatic carbocycles. The summed E-state index contributed by atoms with van der Waals surface area (Å²) in [6.45, 7) is 1.68. The van der Waals surface area contributed by atoms with Gasteiger partial charge in [-0.05, 0) is 35.9 Å². The van der Waals surface area contributed by atoms with Crippen LogP contribution in [0.5, 0.6) is 0 Å². The lowest BCUT2D eigenvalue weighted by atomic mass is 10.1. The number of alkyl halides is 3. The Kier molecular flexibility index (Phi) is 5.95. The van der Waals surface area contributed by atoms with E-state index in [2.05, 4.69) is 0 Å². The Balaban J connectivity index is 1.94. The van der Waals surface area contributed by atoms with Gasteiger partial charge >= 0.3 is 11.9 Å². The molecule has 0 saturated carbocycles. The number of Topliss-reactive ketones (excluding diaryl/α,β-unsaturated/α-hetero) is 1. The first kappa shape index (κ1) is 23.2. The van der Waals surface area contributed by atoms with Crippen molar-refractivity contribution in [3.05, 3.63) is 110 Å². The van der Waals surface area contributed by atoms with Crippen molar-refractivity contribution in [3.8, 4) is 5.69 Å². The third kappa shape index (κ3) is 4.16. The van der Waals surface area contributed by atoms with Gasteiger partial charge in [-0.15, -0.1) is 0 Å². The number of fused-ring (bicyclic) bond motifs is 1. The van der Waals surface area contributed by atoms with Crippen LogP contribution < -0.4 is 11.2 Å². The van der Waals surface area contributed by atoms with Crippen LogP contribution in [0.15, 0.2) is 76.3 Å². The molecular formula is C25H18F4N2O3. The van der Waals surface area contributed by atoms with E-state index in [1.165, 1.54) is 22.8 Å². The predicted molar refractivity (Wildman–Crippen MR) is 119 cm³/mol. The van der Waals surface area contributed by atoms with Gasteiger partial charge in [-0.1, -0.05) is 43.3 Å². The molecule has 0 bridgehead atoms. The molecule has 4 aromatic rings. The summed E-state index contributed by atoms with van der Waals surface area (Å²) < 4.78 is 55.9. The van der Waals surface area contributed by atoms with E-state index >= 15 is 0 Å². The van der Waals surface area contributed by atoms with Crippen molar-refractivity contribution >= 4 is 16.7 Å². The predicted octanol–water partition coefficient (Wildman–Crippen LogP) is 4.95. The van der Waals surface area contributed by atoms with Crippen molar-refractivity contribution in [2.75, 3.05) is 0 Å². The van der Waals surface area contributed by atoms with Crippen LogP contribution in [0.4, 0.5) is 17.6 Å². The first-order valence-electron chi connectivity index (χ1n) is 10.4. The molecule has 0 spiro atoms. The van der Waals surface area contributed by atoms with Gasteiger partial charge in [0.25, 0.3) is 5.56 Å². The molecule has 0 amide bonds. The molecule has 0 radical (unpaired) electrons. The largest absolute Gasteiger partial charge is 0.416 e. The molecule has 1 heterocycles. The third-order valence-electron chi connectivity index (χ3n) is 5.50. The highest BCUT2D eigenvalue weighted by molar-refractivity contribution is 5.95. The summed E-state index contributed by atoms with van der Waals surface area (Å²) in [5, 5.41) is 0.0386. The van der Waals surface area contributed by atoms with E-state index in [1.54, 1.807) is 37.3 Å². The lowest BCUT2D eigenvalue weighted by molar-refractivity contribution is -0.137. The van der Waals surface area contributed by atoms with Gasteiger partial charge in [0, 0.05) is 12.0 Å². The fraction of sp³-hybridized carbons (Fsp3) is 0.160. The lowest BCUT2D eigenvalue weighted by Crippen LogP contribution is -2.39. The summed E-state index contributed by atoms with van der Waals surface area (Å²) in [4.78, 5) is 38.3. The summed E-state index contributed by atoms with van der Waals surface area (Å²) in [7, 11) is 0. The lowest BCUT2D eigenvalue weighted by Gasteiger charge is -2.16. The quantitative estimate of drug-likeness (QED) is 0.306. The number of carbonyl (C=O) groups is 1. The summed E-state index contributed by atoms with van der Waals surface area (Å²) in [5.41, 5.74) is -2.54. The maximum atomic E-state index is 14.6. The molecule has 174 valence electrons. The molecule has 0 N–H and O–H groups in total. The van der Waals surface area contributed by atoms with Crippen LogP contribution in [0.1, 0.15) is 34.8 Å². The second-order valence-electron chi connectivity index (χ2n) is 7.66. The number of nitrogens with zero attached hydrogens (tertiary/aromatic N) is 2. The number of rotatable bonds is 5. The fourth-order valence-electron chi connectivity index (χ4n) is 3.73. The van der Waals surface area contributed by atoms with E-state index < -0.39 is 34.5 Å². The molecule has 0 aliphatic heterocycles. The highest BCUT2D eigenvalue weighted by atomic mass is 19.4. The third-order valence-corrected chi connectivity index (χ3v) is 5.50. The number of benzene rings is 3. The van der Waals surface area contributed by atoms with Gasteiger partial charge in [-0.2, -0.15) is 13.2 Å². The average molecular weight is 470 g/mol. The van der Waals surface area contributed by atoms with Crippen molar-refractivity contribution in [2.45, 2.75) is 26.1 Å². The van der Waals surface area contributed by atoms with Gasteiger partial charge in [0.05, 0.1) is 28.7 Å². The monoisotopic (exact) mass is 470 g/mol. The first-order chi connectivity index (χ1) is 16.1. The summed E-state index contributed by atoms with van der Waals surface area (Å²) >= 11 is 0. The molecule has 0 fully saturated rings. The topological polar surface area (TPSA) is 61.1 Å². The molecule has 4 rings (SSSR count). The van der Waals surface area contributed by atoms with Crippen LogP contribution in [-0.4, -0.2) is 14.9 Å². The Hall–Kier alpha value is -4.01. The molecule has 0 aliphatic rings. The van der Waals surface area contributed by atoms with Gasteiger partial charge < -0.3 is 0 Å². The summed E-state index contributed by atoms with van der Waals surface area (Å²) in [6, 6.07) is 14.2. The smallest absolute Gasteiger partial charge is 0.294 e. The van der Waals surface area contributed by atoms with Crippen molar-refractivity contribution < 1.29 is 22.4 Å². The zero-order valence-electron chi connectivity index (χ0n) is 17.9. The van der Waals surface area contributed by atoms with E-state index in [9.17, 15) is 31.9 Å². The van der Waals surface area contributed by atoms with Crippen molar-refractivity contribution in [3.63, 3.8) is 0 Å². The normalized spacial score (nSPS) is 11.7. The van der Waals surface area contributed by atoms with E-state index in [-0.39, 0.29) is 23.2 Å². The average Bonchev–Trinajstić information content (AvgIpc) is 2.82. The molecule has 0 unspecified atom stereocenters. The van der Waals surface area contributed by atoms with Crippen LogP contribution in [0.3, 0.4) is 0 Å². The molecule has 0 saturated heterocycles. The van der Waals surface area contributed by atoms with Crippen LogP contribution in [-0.2, 0) is 12.7 Å². The van der Waals surface area contributed by atoms with Crippen molar-refractivity contribution in [2.24, 2.45) is 0 Å². The summed E-state index contributed by atoms with van der Waals surface area (Å²) in [5.74, 6) is -1.20. The summed E-state index contributed by atoms with van der Waals surface area (Å²) in [6.07, 6.45) is -4.46. The van der Waals surface area contributed by atoms with E-state index in [1.807, 2.05) is 0 Å². The Bertz CT molecular complexity index is 1520. The highest BCUT2D eigenvalue weighted by Gasteiger charge is 2.32. The molecule has 5 nitrogen and oxygen atoms in total. The number of halogens is 4. The molecule has 34 heavy (non-hydrogen) atoms. The molecule has 3 aromatic carbocycles. The maximum Gasteiger partial charge on any atom is 0.416 e. The maximum absolute atomic E-state index is 14.6. The molecule has 0 atom stereocenters. The zero-order valence-corrected chi connectivity index (χ0v) is 17.9. The van der Waals surface area contributed by atoms with Gasteiger partial charge in [0.15, 0.2) is 5.78 Å². The van der Waals surface area contributed by atoms with E-state index in [0.29, 0.717) is 40.3 Å². The van der Waals surface area contributed by atoms with Gasteiger partial charge in [0.1, 0.15) is 5.82 Å². The number of hydrogen-bond acceptors (Lipinski definition) is 3. The number of aromatic nitrogens is 2. The van der Waals surface area contributed by atoms with Gasteiger partial charge in [-0.25, -0.2) is 13.8 Å².